The second-order valence-electron chi connectivity index (χ2n) is 8.31. The van der Waals surface area contributed by atoms with Crippen LogP contribution in [0.25, 0.3) is 16.8 Å². The van der Waals surface area contributed by atoms with E-state index in [4.69, 9.17) is 33.3 Å². The van der Waals surface area contributed by atoms with Crippen molar-refractivity contribution in [1.82, 2.24) is 14.6 Å². The first-order valence-corrected chi connectivity index (χ1v) is 11.5. The van der Waals surface area contributed by atoms with Crippen LogP contribution in [-0.4, -0.2) is 14.6 Å². The molecule has 0 saturated carbocycles. The van der Waals surface area contributed by atoms with Crippen molar-refractivity contribution < 1.29 is 0 Å². The van der Waals surface area contributed by atoms with Gasteiger partial charge in [0.15, 0.2) is 5.65 Å². The Morgan fingerprint density at radius 3 is 2.37 bits per heavy atom. The standard InChI is InChI=1S/C24H23Cl2N3S/c1-15-22(16-9-11-18(25)12-10-16)23-27-20(24(2,3)4)13-21(29(23)28-15)30-14-17-7-5-6-8-19(17)26/h5-13H,14H2,1-4H3. The predicted octanol–water partition coefficient (Wildman–Crippen LogP) is 7.60. The number of aryl methyl sites for hydroxylation is 1. The number of thioether (sulfide) groups is 1. The molecule has 0 N–H and O–H groups in total. The molecule has 0 atom stereocenters. The first-order chi connectivity index (χ1) is 14.2. The maximum atomic E-state index is 6.38. The van der Waals surface area contributed by atoms with Gasteiger partial charge in [0, 0.05) is 26.8 Å². The number of rotatable bonds is 4. The lowest BCUT2D eigenvalue weighted by molar-refractivity contribution is 0.563. The van der Waals surface area contributed by atoms with E-state index in [1.165, 1.54) is 0 Å². The molecule has 4 aromatic rings. The van der Waals surface area contributed by atoms with Crippen molar-refractivity contribution in [2.75, 3.05) is 0 Å². The summed E-state index contributed by atoms with van der Waals surface area (Å²) in [4.78, 5) is 5.03. The zero-order chi connectivity index (χ0) is 21.5. The van der Waals surface area contributed by atoms with Crippen molar-refractivity contribution in [2.45, 2.75) is 43.9 Å². The molecule has 3 nitrogen and oxygen atoms in total. The van der Waals surface area contributed by atoms with Crippen LogP contribution < -0.4 is 0 Å². The molecule has 0 aliphatic rings. The average Bonchev–Trinajstić information content (AvgIpc) is 3.03. The molecule has 30 heavy (non-hydrogen) atoms. The molecular weight excluding hydrogens is 433 g/mol. The third-order valence-electron chi connectivity index (χ3n) is 4.97. The Labute approximate surface area is 191 Å². The molecule has 0 unspecified atom stereocenters. The van der Waals surface area contributed by atoms with Crippen molar-refractivity contribution in [1.29, 1.82) is 0 Å². The Bertz CT molecular complexity index is 1210. The summed E-state index contributed by atoms with van der Waals surface area (Å²) in [7, 11) is 0. The third-order valence-corrected chi connectivity index (χ3v) is 6.63. The van der Waals surface area contributed by atoms with Crippen LogP contribution in [0.2, 0.25) is 10.0 Å². The lowest BCUT2D eigenvalue weighted by Gasteiger charge is -2.19. The fraction of sp³-hybridized carbons (Fsp3) is 0.250. The van der Waals surface area contributed by atoms with Gasteiger partial charge in [0.05, 0.1) is 11.4 Å². The zero-order valence-electron chi connectivity index (χ0n) is 17.4. The molecule has 0 fully saturated rings. The van der Waals surface area contributed by atoms with Gasteiger partial charge in [-0.1, -0.05) is 74.3 Å². The molecule has 0 bridgehead atoms. The summed E-state index contributed by atoms with van der Waals surface area (Å²) in [6.07, 6.45) is 0. The molecule has 4 rings (SSSR count). The minimum absolute atomic E-state index is 0.0864. The predicted molar refractivity (Wildman–Crippen MR) is 128 cm³/mol. The fourth-order valence-electron chi connectivity index (χ4n) is 3.31. The van der Waals surface area contributed by atoms with Crippen LogP contribution in [0.3, 0.4) is 0 Å². The van der Waals surface area contributed by atoms with Crippen LogP contribution in [0.5, 0.6) is 0 Å². The van der Waals surface area contributed by atoms with E-state index in [9.17, 15) is 0 Å². The van der Waals surface area contributed by atoms with Crippen LogP contribution in [0.15, 0.2) is 59.6 Å². The molecule has 0 aliphatic carbocycles. The van der Waals surface area contributed by atoms with Crippen LogP contribution in [0.1, 0.15) is 37.7 Å². The third kappa shape index (κ3) is 4.22. The van der Waals surface area contributed by atoms with Gasteiger partial charge in [-0.05, 0) is 42.3 Å². The van der Waals surface area contributed by atoms with Gasteiger partial charge in [-0.25, -0.2) is 9.50 Å². The van der Waals surface area contributed by atoms with Gasteiger partial charge in [0.1, 0.15) is 5.03 Å². The fourth-order valence-corrected chi connectivity index (χ4v) is 4.71. The second kappa shape index (κ2) is 8.26. The smallest absolute Gasteiger partial charge is 0.164 e. The molecule has 0 radical (unpaired) electrons. The zero-order valence-corrected chi connectivity index (χ0v) is 19.7. The highest BCUT2D eigenvalue weighted by Gasteiger charge is 2.22. The Kier molecular flexibility index (Phi) is 5.84. The molecule has 2 aromatic carbocycles. The highest BCUT2D eigenvalue weighted by atomic mass is 35.5. The summed E-state index contributed by atoms with van der Waals surface area (Å²) in [5.74, 6) is 0.761. The molecule has 2 aromatic heterocycles. The van der Waals surface area contributed by atoms with Gasteiger partial charge in [0.25, 0.3) is 0 Å². The molecular formula is C24H23Cl2N3S. The number of hydrogen-bond donors (Lipinski definition) is 0. The van der Waals surface area contributed by atoms with E-state index in [-0.39, 0.29) is 5.41 Å². The topological polar surface area (TPSA) is 30.2 Å². The number of hydrogen-bond acceptors (Lipinski definition) is 3. The Hall–Kier alpha value is -2.01. The van der Waals surface area contributed by atoms with Crippen molar-refractivity contribution in [3.63, 3.8) is 0 Å². The Morgan fingerprint density at radius 2 is 1.70 bits per heavy atom. The van der Waals surface area contributed by atoms with E-state index in [1.807, 2.05) is 53.9 Å². The van der Waals surface area contributed by atoms with Crippen molar-refractivity contribution >= 4 is 40.6 Å². The Balaban J connectivity index is 1.86. The normalized spacial score (nSPS) is 11.9. The maximum absolute atomic E-state index is 6.38. The van der Waals surface area contributed by atoms with Gasteiger partial charge < -0.3 is 0 Å². The minimum Gasteiger partial charge on any atom is -0.232 e. The van der Waals surface area contributed by atoms with Gasteiger partial charge in [-0.3, -0.25) is 0 Å². The van der Waals surface area contributed by atoms with Gasteiger partial charge >= 0.3 is 0 Å². The molecule has 2 heterocycles. The van der Waals surface area contributed by atoms with E-state index < -0.39 is 0 Å². The molecule has 0 aliphatic heterocycles. The summed E-state index contributed by atoms with van der Waals surface area (Å²) in [6.45, 7) is 8.57. The molecule has 154 valence electrons. The summed E-state index contributed by atoms with van der Waals surface area (Å²) in [5.41, 5.74) is 5.96. The van der Waals surface area contributed by atoms with Gasteiger partial charge in [-0.15, -0.1) is 11.8 Å². The Morgan fingerprint density at radius 1 is 1.00 bits per heavy atom. The van der Waals surface area contributed by atoms with Crippen molar-refractivity contribution in [3.05, 3.63) is 81.6 Å². The van der Waals surface area contributed by atoms with Crippen LogP contribution in [0.4, 0.5) is 0 Å². The van der Waals surface area contributed by atoms with Crippen molar-refractivity contribution in [2.24, 2.45) is 0 Å². The number of aromatic nitrogens is 3. The first-order valence-electron chi connectivity index (χ1n) is 9.77. The van der Waals surface area contributed by atoms with Crippen molar-refractivity contribution in [3.8, 4) is 11.1 Å². The lowest BCUT2D eigenvalue weighted by Crippen LogP contribution is -2.15. The number of halogens is 2. The van der Waals surface area contributed by atoms with Crippen LogP contribution in [0, 0.1) is 6.92 Å². The highest BCUT2D eigenvalue weighted by Crippen LogP contribution is 2.35. The average molecular weight is 456 g/mol. The second-order valence-corrected chi connectivity index (χ2v) is 10.2. The van der Waals surface area contributed by atoms with Gasteiger partial charge in [-0.2, -0.15) is 5.10 Å². The van der Waals surface area contributed by atoms with E-state index >= 15 is 0 Å². The summed E-state index contributed by atoms with van der Waals surface area (Å²) in [5, 5.41) is 7.38. The molecule has 0 saturated heterocycles. The quantitative estimate of drug-likeness (QED) is 0.234. The SMILES string of the molecule is Cc1nn2c(SCc3ccccc3Cl)cc(C(C)(C)C)nc2c1-c1ccc(Cl)cc1. The molecule has 0 spiro atoms. The summed E-state index contributed by atoms with van der Waals surface area (Å²) >= 11 is 14.2. The first kappa shape index (κ1) is 21.2. The molecule has 0 amide bonds. The van der Waals surface area contributed by atoms with Gasteiger partial charge in [0.2, 0.25) is 0 Å². The number of fused-ring (bicyclic) bond motifs is 1. The van der Waals surface area contributed by atoms with E-state index in [0.717, 1.165) is 49.5 Å². The summed E-state index contributed by atoms with van der Waals surface area (Å²) < 4.78 is 1.95. The number of benzene rings is 2. The molecule has 6 heteroatoms. The van der Waals surface area contributed by atoms with E-state index in [1.54, 1.807) is 11.8 Å². The van der Waals surface area contributed by atoms with Crippen LogP contribution >= 0.6 is 35.0 Å². The largest absolute Gasteiger partial charge is 0.232 e. The number of nitrogens with zero attached hydrogens (tertiary/aromatic N) is 3. The highest BCUT2D eigenvalue weighted by molar-refractivity contribution is 7.98. The van der Waals surface area contributed by atoms with E-state index in [0.29, 0.717) is 5.02 Å². The lowest BCUT2D eigenvalue weighted by atomic mass is 9.92. The van der Waals surface area contributed by atoms with E-state index in [2.05, 4.69) is 32.9 Å². The summed E-state index contributed by atoms with van der Waals surface area (Å²) in [6, 6.07) is 18.0. The monoisotopic (exact) mass is 455 g/mol. The maximum Gasteiger partial charge on any atom is 0.164 e. The minimum atomic E-state index is -0.0864. The van der Waals surface area contributed by atoms with Crippen LogP contribution in [-0.2, 0) is 11.2 Å².